The molecule has 0 bridgehead atoms. The van der Waals surface area contributed by atoms with Gasteiger partial charge in [-0.3, -0.25) is 0 Å². The Hall–Kier alpha value is -3.14. The van der Waals surface area contributed by atoms with Gasteiger partial charge < -0.3 is 28.8 Å². The summed E-state index contributed by atoms with van der Waals surface area (Å²) in [6.07, 6.45) is -4.08. The molecule has 1 fully saturated rings. The topological polar surface area (TPSA) is 66.4 Å². The van der Waals surface area contributed by atoms with E-state index in [0.29, 0.717) is 25.9 Å². The number of benzene rings is 4. The quantitative estimate of drug-likeness (QED) is 0.174. The molecule has 0 amide bonds. The Labute approximate surface area is 262 Å². The van der Waals surface area contributed by atoms with E-state index >= 15 is 0 Å². The zero-order valence-electron chi connectivity index (χ0n) is 25.8. The highest BCUT2D eigenvalue weighted by Gasteiger charge is 2.51. The van der Waals surface area contributed by atoms with E-state index in [1.54, 1.807) is 7.11 Å². The smallest absolute Gasteiger partial charge is 0.186 e. The minimum Gasteiger partial charge on any atom is -0.391 e. The molecule has 6 nitrogen and oxygen atoms in total. The second-order valence-corrected chi connectivity index (χ2v) is 16.8. The van der Waals surface area contributed by atoms with Gasteiger partial charge in [0.05, 0.1) is 34.0 Å². The Morgan fingerprint density at radius 2 is 1.02 bits per heavy atom. The van der Waals surface area contributed by atoms with E-state index < -0.39 is 44.9 Å². The normalized spacial score (nSPS) is 22.9. The van der Waals surface area contributed by atoms with Gasteiger partial charge in [-0.05, 0) is 22.7 Å². The third-order valence-electron chi connectivity index (χ3n) is 8.27. The molecular formula is C37H44O6Si. The predicted octanol–water partition coefficient (Wildman–Crippen LogP) is 6.09. The van der Waals surface area contributed by atoms with Gasteiger partial charge in [-0.25, -0.2) is 0 Å². The molecule has 0 aliphatic carbocycles. The minimum atomic E-state index is -2.04. The minimum absolute atomic E-state index is 0.339. The summed E-state index contributed by atoms with van der Waals surface area (Å²) in [7, 11) is -0.437. The third-order valence-corrected chi connectivity index (χ3v) is 11.6. The molecule has 1 saturated heterocycles. The number of methoxy groups -OCH3 is 1. The van der Waals surface area contributed by atoms with Crippen LogP contribution in [-0.4, -0.2) is 57.1 Å². The van der Waals surface area contributed by atoms with Crippen molar-refractivity contribution in [1.29, 1.82) is 0 Å². The monoisotopic (exact) mass is 612 g/mol. The van der Waals surface area contributed by atoms with Gasteiger partial charge in [-0.2, -0.15) is 0 Å². The van der Waals surface area contributed by atoms with Crippen LogP contribution in [-0.2, 0) is 43.5 Å². The molecular weight excluding hydrogens is 568 g/mol. The second kappa shape index (κ2) is 15.7. The SMILES string of the molecule is CO[C@@H]1O[C@H]([C@@H](O)C[Si](C)(C)c2ccccc2)[C@@H](OCc2ccccc2)[C@@H](OCc2ccccc2)[C@H]1OCc1ccccc1. The lowest BCUT2D eigenvalue weighted by atomic mass is 9.94. The fraction of sp³-hybridized carbons (Fsp3) is 0.351. The molecule has 1 aliphatic rings. The predicted molar refractivity (Wildman–Crippen MR) is 175 cm³/mol. The average Bonchev–Trinajstić information content (AvgIpc) is 3.07. The Morgan fingerprint density at radius 3 is 1.48 bits per heavy atom. The van der Waals surface area contributed by atoms with Crippen LogP contribution in [0.3, 0.4) is 0 Å². The van der Waals surface area contributed by atoms with E-state index in [1.165, 1.54) is 5.19 Å². The van der Waals surface area contributed by atoms with Crippen LogP contribution in [0.4, 0.5) is 0 Å². The summed E-state index contributed by atoms with van der Waals surface area (Å²) in [5.41, 5.74) is 3.09. The molecule has 1 aliphatic heterocycles. The molecule has 0 spiro atoms. The largest absolute Gasteiger partial charge is 0.391 e. The van der Waals surface area contributed by atoms with Gasteiger partial charge in [0.1, 0.15) is 24.4 Å². The number of rotatable bonds is 14. The van der Waals surface area contributed by atoms with Crippen LogP contribution in [0.25, 0.3) is 0 Å². The van der Waals surface area contributed by atoms with Crippen LogP contribution in [0.5, 0.6) is 0 Å². The van der Waals surface area contributed by atoms with Crippen LogP contribution < -0.4 is 5.19 Å². The number of ether oxygens (including phenoxy) is 5. The van der Waals surface area contributed by atoms with E-state index in [-0.39, 0.29) is 0 Å². The summed E-state index contributed by atoms with van der Waals surface area (Å²) in [6, 6.07) is 41.1. The van der Waals surface area contributed by atoms with Gasteiger partial charge in [0.25, 0.3) is 0 Å². The molecule has 0 aromatic heterocycles. The van der Waals surface area contributed by atoms with Crippen LogP contribution in [0.2, 0.25) is 19.1 Å². The van der Waals surface area contributed by atoms with Crippen LogP contribution in [0, 0.1) is 0 Å². The van der Waals surface area contributed by atoms with Crippen molar-refractivity contribution in [3.05, 3.63) is 138 Å². The molecule has 4 aromatic carbocycles. The van der Waals surface area contributed by atoms with Gasteiger partial charge in [0.15, 0.2) is 6.29 Å². The van der Waals surface area contributed by atoms with Gasteiger partial charge in [-0.1, -0.05) is 140 Å². The number of hydrogen-bond acceptors (Lipinski definition) is 6. The number of aliphatic hydroxyl groups is 1. The van der Waals surface area contributed by atoms with Crippen molar-refractivity contribution in [2.24, 2.45) is 0 Å². The average molecular weight is 613 g/mol. The summed E-state index contributed by atoms with van der Waals surface area (Å²) in [5, 5.41) is 13.2. The number of hydrogen-bond donors (Lipinski definition) is 1. The highest BCUT2D eigenvalue weighted by Crippen LogP contribution is 2.34. The molecule has 1 N–H and O–H groups in total. The van der Waals surface area contributed by atoms with Gasteiger partial charge >= 0.3 is 0 Å². The third kappa shape index (κ3) is 8.52. The zero-order chi connectivity index (χ0) is 30.8. The lowest BCUT2D eigenvalue weighted by molar-refractivity contribution is -0.328. The van der Waals surface area contributed by atoms with E-state index in [9.17, 15) is 5.11 Å². The number of aliphatic hydroxyl groups excluding tert-OH is 1. The van der Waals surface area contributed by atoms with Crippen molar-refractivity contribution in [3.8, 4) is 0 Å². The Morgan fingerprint density at radius 1 is 0.614 bits per heavy atom. The molecule has 44 heavy (non-hydrogen) atoms. The first-order chi connectivity index (χ1) is 21.4. The summed E-state index contributed by atoms with van der Waals surface area (Å²) >= 11 is 0. The maximum Gasteiger partial charge on any atom is 0.186 e. The molecule has 0 radical (unpaired) electrons. The summed E-state index contributed by atoms with van der Waals surface area (Å²) in [6.45, 7) is 5.60. The highest BCUT2D eigenvalue weighted by atomic mass is 28.3. The van der Waals surface area contributed by atoms with Crippen LogP contribution >= 0.6 is 0 Å². The molecule has 4 aromatic rings. The zero-order valence-corrected chi connectivity index (χ0v) is 26.8. The van der Waals surface area contributed by atoms with E-state index in [2.05, 4.69) is 37.4 Å². The first kappa shape index (κ1) is 32.3. The van der Waals surface area contributed by atoms with E-state index in [0.717, 1.165) is 16.7 Å². The van der Waals surface area contributed by atoms with Gasteiger partial charge in [0.2, 0.25) is 0 Å². The maximum absolute atomic E-state index is 11.9. The summed E-state index contributed by atoms with van der Waals surface area (Å²) in [5.74, 6) is 0. The first-order valence-electron chi connectivity index (χ1n) is 15.3. The summed E-state index contributed by atoms with van der Waals surface area (Å²) < 4.78 is 32.4. The Kier molecular flexibility index (Phi) is 11.5. The Balaban J connectivity index is 1.46. The summed E-state index contributed by atoms with van der Waals surface area (Å²) in [4.78, 5) is 0. The van der Waals surface area contributed by atoms with Crippen molar-refractivity contribution >= 4 is 13.3 Å². The van der Waals surface area contributed by atoms with Crippen LogP contribution in [0.15, 0.2) is 121 Å². The van der Waals surface area contributed by atoms with Gasteiger partial charge in [-0.15, -0.1) is 0 Å². The fourth-order valence-corrected chi connectivity index (χ4v) is 8.45. The molecule has 0 unspecified atom stereocenters. The van der Waals surface area contributed by atoms with Gasteiger partial charge in [0, 0.05) is 7.11 Å². The molecule has 0 saturated carbocycles. The molecule has 7 heteroatoms. The van der Waals surface area contributed by atoms with Crippen molar-refractivity contribution in [2.45, 2.75) is 75.8 Å². The maximum atomic E-state index is 11.9. The lowest BCUT2D eigenvalue weighted by Crippen LogP contribution is -2.64. The molecule has 5 rings (SSSR count). The molecule has 232 valence electrons. The first-order valence-corrected chi connectivity index (χ1v) is 18.5. The molecule has 6 atom stereocenters. The van der Waals surface area contributed by atoms with E-state index in [1.807, 2.05) is 97.1 Å². The highest BCUT2D eigenvalue weighted by molar-refractivity contribution is 6.89. The second-order valence-electron chi connectivity index (χ2n) is 12.0. The Bertz CT molecular complexity index is 1370. The van der Waals surface area contributed by atoms with Crippen molar-refractivity contribution in [1.82, 2.24) is 0 Å². The standard InChI is InChI=1S/C37H44O6Si/c1-39-37-36(42-26-30-20-12-6-13-21-30)35(41-25-29-18-10-5-11-19-29)34(40-24-28-16-8-4-9-17-28)33(43-37)32(38)27-44(2,3)31-22-14-7-15-23-31/h4-23,32-38H,24-27H2,1-3H3/t32-,33+,34+,35+,36+,37+/m0/s1. The fourth-order valence-electron chi connectivity index (χ4n) is 5.84. The van der Waals surface area contributed by atoms with Crippen molar-refractivity contribution < 1.29 is 28.8 Å². The van der Waals surface area contributed by atoms with E-state index in [4.69, 9.17) is 23.7 Å². The van der Waals surface area contributed by atoms with Crippen LogP contribution in [0.1, 0.15) is 16.7 Å². The molecule has 1 heterocycles. The lowest BCUT2D eigenvalue weighted by Gasteiger charge is -2.47. The van der Waals surface area contributed by atoms with Crippen molar-refractivity contribution in [3.63, 3.8) is 0 Å². The van der Waals surface area contributed by atoms with Crippen molar-refractivity contribution in [2.75, 3.05) is 7.11 Å².